The van der Waals surface area contributed by atoms with Crippen LogP contribution in [0.1, 0.15) is 30.3 Å². The molecule has 4 rings (SSSR count). The molecule has 23 heavy (non-hydrogen) atoms. The van der Waals surface area contributed by atoms with Gasteiger partial charge in [-0.2, -0.15) is 5.10 Å². The van der Waals surface area contributed by atoms with E-state index in [-0.39, 0.29) is 11.9 Å². The van der Waals surface area contributed by atoms with Crippen LogP contribution in [0.5, 0.6) is 0 Å². The summed E-state index contributed by atoms with van der Waals surface area (Å²) in [5, 5.41) is 5.86. The Morgan fingerprint density at radius 1 is 1.35 bits per heavy atom. The van der Waals surface area contributed by atoms with Gasteiger partial charge in [0, 0.05) is 25.8 Å². The van der Waals surface area contributed by atoms with E-state index in [1.165, 1.54) is 5.06 Å². The quantitative estimate of drug-likeness (QED) is 0.860. The molecule has 1 amide bonds. The molecular weight excluding hydrogens is 296 g/mol. The van der Waals surface area contributed by atoms with Crippen molar-refractivity contribution in [3.05, 3.63) is 42.1 Å². The number of furan rings is 1. The Balaban J connectivity index is 1.54. The number of hydrogen-bond donors (Lipinski definition) is 0. The van der Waals surface area contributed by atoms with Crippen molar-refractivity contribution in [3.8, 4) is 0 Å². The van der Waals surface area contributed by atoms with E-state index in [1.807, 2.05) is 22.9 Å². The molecule has 2 aromatic heterocycles. The van der Waals surface area contributed by atoms with Gasteiger partial charge in [-0.1, -0.05) is 0 Å². The van der Waals surface area contributed by atoms with Gasteiger partial charge in [0.2, 0.25) is 0 Å². The number of aromatic nitrogens is 2. The average Bonchev–Trinajstić information content (AvgIpc) is 3.26. The van der Waals surface area contributed by atoms with E-state index in [0.29, 0.717) is 26.2 Å². The first-order valence-corrected chi connectivity index (χ1v) is 8.03. The molecule has 4 heterocycles. The second kappa shape index (κ2) is 6.17. The molecule has 2 aliphatic heterocycles. The zero-order valence-electron chi connectivity index (χ0n) is 12.9. The number of carbonyl (C=O) groups is 1. The molecule has 0 spiro atoms. The van der Waals surface area contributed by atoms with Crippen LogP contribution in [0, 0.1) is 0 Å². The second-order valence-electron chi connectivity index (χ2n) is 6.01. The van der Waals surface area contributed by atoms with Crippen molar-refractivity contribution in [2.24, 2.45) is 0 Å². The van der Waals surface area contributed by atoms with Crippen molar-refractivity contribution < 1.29 is 14.0 Å². The van der Waals surface area contributed by atoms with Crippen molar-refractivity contribution in [3.63, 3.8) is 0 Å². The van der Waals surface area contributed by atoms with E-state index in [0.717, 1.165) is 30.8 Å². The molecule has 1 saturated heterocycles. The normalized spacial score (nSPS) is 22.1. The number of amides is 1. The molecule has 2 aromatic rings. The third-order valence-corrected chi connectivity index (χ3v) is 4.36. The fraction of sp³-hybridized carbons (Fsp3) is 0.500. The smallest absolute Gasteiger partial charge is 0.272 e. The Morgan fingerprint density at radius 3 is 3.09 bits per heavy atom. The molecule has 1 atom stereocenters. The molecule has 1 fully saturated rings. The molecule has 7 nitrogen and oxygen atoms in total. The molecule has 122 valence electrons. The predicted molar refractivity (Wildman–Crippen MR) is 81.0 cm³/mol. The molecular formula is C16H20N4O3. The van der Waals surface area contributed by atoms with Crippen LogP contribution in [-0.2, 0) is 22.7 Å². The van der Waals surface area contributed by atoms with Gasteiger partial charge in [-0.05, 0) is 31.0 Å². The average molecular weight is 316 g/mol. The lowest BCUT2D eigenvalue weighted by molar-refractivity contribution is -0.201. The maximum atomic E-state index is 12.9. The number of rotatable bonds is 3. The Labute approximate surface area is 134 Å². The number of carbonyl (C=O) groups excluding carboxylic acids is 1. The van der Waals surface area contributed by atoms with Crippen molar-refractivity contribution in [1.82, 2.24) is 19.7 Å². The minimum absolute atomic E-state index is 0.0150. The molecule has 0 aromatic carbocycles. The molecule has 0 saturated carbocycles. The van der Waals surface area contributed by atoms with E-state index >= 15 is 0 Å². The summed E-state index contributed by atoms with van der Waals surface area (Å²) in [4.78, 5) is 20.6. The first-order chi connectivity index (χ1) is 11.3. The van der Waals surface area contributed by atoms with E-state index in [2.05, 4.69) is 10.00 Å². The second-order valence-corrected chi connectivity index (χ2v) is 6.01. The lowest BCUT2D eigenvalue weighted by Crippen LogP contribution is -2.47. The Hall–Kier alpha value is -2.12. The zero-order chi connectivity index (χ0) is 15.6. The lowest BCUT2D eigenvalue weighted by atomic mass is 10.1. The Morgan fingerprint density at radius 2 is 2.30 bits per heavy atom. The fourth-order valence-corrected chi connectivity index (χ4v) is 3.23. The largest absolute Gasteiger partial charge is 0.468 e. The zero-order valence-corrected chi connectivity index (χ0v) is 12.9. The van der Waals surface area contributed by atoms with Gasteiger partial charge in [-0.15, -0.1) is 0 Å². The standard InChI is InChI=1S/C16H20N4O3/c21-16(19-7-1-2-9-23-19)15-12-18(11-14-4-3-8-22-14)10-13-5-6-17-20(13)15/h3-6,8,15H,1-2,7,9-12H2/t15-/m1/s1. The van der Waals surface area contributed by atoms with Gasteiger partial charge < -0.3 is 4.42 Å². The minimum Gasteiger partial charge on any atom is -0.468 e. The van der Waals surface area contributed by atoms with Crippen LogP contribution in [0.4, 0.5) is 0 Å². The van der Waals surface area contributed by atoms with Crippen LogP contribution in [-0.4, -0.2) is 45.3 Å². The minimum atomic E-state index is -0.346. The highest BCUT2D eigenvalue weighted by atomic mass is 16.7. The third-order valence-electron chi connectivity index (χ3n) is 4.36. The van der Waals surface area contributed by atoms with Gasteiger partial charge in [0.1, 0.15) is 11.8 Å². The van der Waals surface area contributed by atoms with Gasteiger partial charge in [0.15, 0.2) is 0 Å². The molecule has 0 bridgehead atoms. The first kappa shape index (κ1) is 14.5. The lowest BCUT2D eigenvalue weighted by Gasteiger charge is -2.36. The predicted octanol–water partition coefficient (Wildman–Crippen LogP) is 1.59. The SMILES string of the molecule is O=C([C@H]1CN(Cc2ccco2)Cc2ccnn21)N1CCCCO1. The number of fused-ring (bicyclic) bond motifs is 1. The molecule has 0 unspecified atom stereocenters. The van der Waals surface area contributed by atoms with Gasteiger partial charge in [-0.3, -0.25) is 19.2 Å². The van der Waals surface area contributed by atoms with Crippen molar-refractivity contribution in [2.45, 2.75) is 32.0 Å². The van der Waals surface area contributed by atoms with Gasteiger partial charge in [-0.25, -0.2) is 5.06 Å². The van der Waals surface area contributed by atoms with Crippen molar-refractivity contribution >= 4 is 5.91 Å². The molecule has 7 heteroatoms. The van der Waals surface area contributed by atoms with Gasteiger partial charge in [0.05, 0.1) is 25.1 Å². The summed E-state index contributed by atoms with van der Waals surface area (Å²) in [6, 6.07) is 5.46. The van der Waals surface area contributed by atoms with E-state index in [1.54, 1.807) is 12.5 Å². The molecule has 0 aliphatic carbocycles. The third kappa shape index (κ3) is 2.89. The van der Waals surface area contributed by atoms with Crippen LogP contribution in [0.3, 0.4) is 0 Å². The number of hydroxylamine groups is 2. The summed E-state index contributed by atoms with van der Waals surface area (Å²) in [5.41, 5.74) is 1.04. The van der Waals surface area contributed by atoms with E-state index in [4.69, 9.17) is 9.25 Å². The van der Waals surface area contributed by atoms with E-state index in [9.17, 15) is 4.79 Å². The maximum absolute atomic E-state index is 12.9. The van der Waals surface area contributed by atoms with Crippen LogP contribution >= 0.6 is 0 Å². The van der Waals surface area contributed by atoms with Crippen molar-refractivity contribution in [1.29, 1.82) is 0 Å². The maximum Gasteiger partial charge on any atom is 0.272 e. The Kier molecular flexibility index (Phi) is 3.88. The highest BCUT2D eigenvalue weighted by molar-refractivity contribution is 5.80. The van der Waals surface area contributed by atoms with Crippen LogP contribution in [0.2, 0.25) is 0 Å². The number of nitrogens with zero attached hydrogens (tertiary/aromatic N) is 4. The highest BCUT2D eigenvalue weighted by Gasteiger charge is 2.35. The highest BCUT2D eigenvalue weighted by Crippen LogP contribution is 2.24. The van der Waals surface area contributed by atoms with Crippen LogP contribution in [0.25, 0.3) is 0 Å². The fourth-order valence-electron chi connectivity index (χ4n) is 3.23. The summed E-state index contributed by atoms with van der Waals surface area (Å²) < 4.78 is 7.27. The van der Waals surface area contributed by atoms with Gasteiger partial charge in [0.25, 0.3) is 5.91 Å². The summed E-state index contributed by atoms with van der Waals surface area (Å²) in [5.74, 6) is 0.886. The topological polar surface area (TPSA) is 63.7 Å². The summed E-state index contributed by atoms with van der Waals surface area (Å²) in [6.07, 6.45) is 5.42. The molecule has 0 N–H and O–H groups in total. The number of hydrogen-bond acceptors (Lipinski definition) is 5. The molecule has 2 aliphatic rings. The summed E-state index contributed by atoms with van der Waals surface area (Å²) >= 11 is 0. The monoisotopic (exact) mass is 316 g/mol. The summed E-state index contributed by atoms with van der Waals surface area (Å²) in [7, 11) is 0. The van der Waals surface area contributed by atoms with E-state index < -0.39 is 0 Å². The van der Waals surface area contributed by atoms with Crippen molar-refractivity contribution in [2.75, 3.05) is 19.7 Å². The van der Waals surface area contributed by atoms with Gasteiger partial charge >= 0.3 is 0 Å². The molecule has 0 radical (unpaired) electrons. The first-order valence-electron chi connectivity index (χ1n) is 8.03. The summed E-state index contributed by atoms with van der Waals surface area (Å²) in [6.45, 7) is 3.31. The van der Waals surface area contributed by atoms with Crippen LogP contribution < -0.4 is 0 Å². The Bertz CT molecular complexity index is 661. The van der Waals surface area contributed by atoms with Crippen LogP contribution in [0.15, 0.2) is 35.1 Å².